The third-order valence-corrected chi connectivity index (χ3v) is 4.92. The van der Waals surface area contributed by atoms with Gasteiger partial charge in [0.05, 0.1) is 0 Å². The van der Waals surface area contributed by atoms with Gasteiger partial charge in [0.25, 0.3) is 0 Å². The van der Waals surface area contributed by atoms with Crippen molar-refractivity contribution in [3.05, 3.63) is 70.8 Å². The monoisotopic (exact) mass is 290 g/mol. The lowest BCUT2D eigenvalue weighted by molar-refractivity contribution is -0.117. The van der Waals surface area contributed by atoms with Gasteiger partial charge in [-0.15, -0.1) is 0 Å². The highest BCUT2D eigenvalue weighted by atomic mass is 16.1. The minimum absolute atomic E-state index is 0.348. The third kappa shape index (κ3) is 2.99. The second-order valence-electron chi connectivity index (χ2n) is 6.84. The lowest BCUT2D eigenvalue weighted by Gasteiger charge is -2.10. The third-order valence-electron chi connectivity index (χ3n) is 4.92. The highest BCUT2D eigenvalue weighted by Crippen LogP contribution is 2.42. The van der Waals surface area contributed by atoms with E-state index in [2.05, 4.69) is 48.5 Å². The van der Waals surface area contributed by atoms with Crippen molar-refractivity contribution in [1.29, 1.82) is 0 Å². The normalized spacial score (nSPS) is 17.5. The summed E-state index contributed by atoms with van der Waals surface area (Å²) in [5.41, 5.74) is 5.32. The number of hydrogen-bond donors (Lipinski definition) is 0. The lowest BCUT2D eigenvalue weighted by Crippen LogP contribution is -2.09. The predicted octanol–water partition coefficient (Wildman–Crippen LogP) is 4.80. The topological polar surface area (TPSA) is 17.1 Å². The highest BCUT2D eigenvalue weighted by Gasteiger charge is 2.27. The van der Waals surface area contributed by atoms with Crippen LogP contribution in [0.4, 0.5) is 0 Å². The maximum atomic E-state index is 12.6. The minimum Gasteiger partial charge on any atom is -0.299 e. The van der Waals surface area contributed by atoms with Crippen LogP contribution in [0.15, 0.2) is 48.5 Å². The van der Waals surface area contributed by atoms with Gasteiger partial charge in [-0.2, -0.15) is 0 Å². The van der Waals surface area contributed by atoms with E-state index < -0.39 is 0 Å². The number of hydrogen-bond acceptors (Lipinski definition) is 1. The molecule has 0 atom stereocenters. The molecule has 1 heteroatoms. The zero-order chi connectivity index (χ0) is 14.9. The first-order valence-corrected chi connectivity index (χ1v) is 8.48. The molecule has 2 aromatic carbocycles. The van der Waals surface area contributed by atoms with E-state index in [1.165, 1.54) is 47.9 Å². The molecule has 22 heavy (non-hydrogen) atoms. The Morgan fingerprint density at radius 1 is 0.727 bits per heavy atom. The molecule has 2 saturated carbocycles. The predicted molar refractivity (Wildman–Crippen MR) is 89.2 cm³/mol. The fourth-order valence-corrected chi connectivity index (χ4v) is 3.46. The molecular formula is C21H22O. The number of benzene rings is 2. The van der Waals surface area contributed by atoms with Crippen LogP contribution in [0.2, 0.25) is 0 Å². The summed E-state index contributed by atoms with van der Waals surface area (Å²) in [5, 5.41) is 0. The molecule has 2 fully saturated rings. The van der Waals surface area contributed by atoms with Gasteiger partial charge < -0.3 is 0 Å². The molecule has 0 aliphatic heterocycles. The summed E-state index contributed by atoms with van der Waals surface area (Å²) in [7, 11) is 0. The number of Topliss-reactive ketones (excluding diaryl/α,β-unsaturated/α-hetero) is 1. The van der Waals surface area contributed by atoms with Crippen LogP contribution in [0.5, 0.6) is 0 Å². The van der Waals surface area contributed by atoms with E-state index in [-0.39, 0.29) is 0 Å². The van der Waals surface area contributed by atoms with Crippen molar-refractivity contribution >= 4 is 5.78 Å². The number of carbonyl (C=O) groups is 1. The molecule has 2 aromatic rings. The number of carbonyl (C=O) groups excluding carboxylic acids is 1. The molecular weight excluding hydrogens is 268 g/mol. The first kappa shape index (κ1) is 13.8. The van der Waals surface area contributed by atoms with E-state index >= 15 is 0 Å². The smallest absolute Gasteiger partial charge is 0.141 e. The number of rotatable bonds is 6. The van der Waals surface area contributed by atoms with Crippen LogP contribution in [0, 0.1) is 0 Å². The van der Waals surface area contributed by atoms with Gasteiger partial charge in [0.15, 0.2) is 0 Å². The van der Waals surface area contributed by atoms with Crippen LogP contribution in [0.3, 0.4) is 0 Å². The maximum Gasteiger partial charge on any atom is 0.141 e. The van der Waals surface area contributed by atoms with Gasteiger partial charge in [-0.05, 0) is 59.8 Å². The molecule has 0 amide bonds. The van der Waals surface area contributed by atoms with Gasteiger partial charge in [-0.1, -0.05) is 48.5 Å². The largest absolute Gasteiger partial charge is 0.299 e. The zero-order valence-electron chi connectivity index (χ0n) is 12.9. The molecule has 0 radical (unpaired) electrons. The van der Waals surface area contributed by atoms with E-state index in [0.717, 1.165) is 0 Å². The van der Waals surface area contributed by atoms with Crippen LogP contribution in [-0.2, 0) is 17.6 Å². The highest BCUT2D eigenvalue weighted by molar-refractivity contribution is 5.83. The van der Waals surface area contributed by atoms with E-state index in [4.69, 9.17) is 0 Å². The van der Waals surface area contributed by atoms with Gasteiger partial charge in [0, 0.05) is 12.8 Å². The molecule has 112 valence electrons. The Labute approximate surface area is 132 Å². The Bertz CT molecular complexity index is 633. The Morgan fingerprint density at radius 2 is 1.14 bits per heavy atom. The quantitative estimate of drug-likeness (QED) is 0.747. The molecule has 4 rings (SSSR count). The SMILES string of the molecule is O=C(Cc1ccccc1C1CC1)Cc1ccccc1C1CC1. The molecule has 2 aliphatic rings. The van der Waals surface area contributed by atoms with Crippen LogP contribution in [0.1, 0.15) is 59.8 Å². The molecule has 0 spiro atoms. The van der Waals surface area contributed by atoms with Crippen LogP contribution >= 0.6 is 0 Å². The minimum atomic E-state index is 0.348. The summed E-state index contributed by atoms with van der Waals surface area (Å²) in [5.74, 6) is 1.77. The zero-order valence-corrected chi connectivity index (χ0v) is 12.9. The van der Waals surface area contributed by atoms with Gasteiger partial charge in [0.2, 0.25) is 0 Å². The van der Waals surface area contributed by atoms with Crippen molar-refractivity contribution in [1.82, 2.24) is 0 Å². The molecule has 0 N–H and O–H groups in total. The summed E-state index contributed by atoms with van der Waals surface area (Å²) < 4.78 is 0. The van der Waals surface area contributed by atoms with Crippen molar-refractivity contribution in [3.63, 3.8) is 0 Å². The molecule has 0 unspecified atom stereocenters. The molecule has 0 heterocycles. The van der Waals surface area contributed by atoms with E-state index in [9.17, 15) is 4.79 Å². The van der Waals surface area contributed by atoms with Crippen molar-refractivity contribution in [2.45, 2.75) is 50.4 Å². The summed E-state index contributed by atoms with van der Waals surface area (Å²) in [6.07, 6.45) is 6.33. The second-order valence-corrected chi connectivity index (χ2v) is 6.84. The Kier molecular flexibility index (Phi) is 3.57. The van der Waals surface area contributed by atoms with Crippen LogP contribution < -0.4 is 0 Å². The molecule has 2 aliphatic carbocycles. The lowest BCUT2D eigenvalue weighted by atomic mass is 9.94. The molecule has 0 saturated heterocycles. The summed E-state index contributed by atoms with van der Waals surface area (Å²) in [4.78, 5) is 12.6. The standard InChI is InChI=1S/C21H22O/c22-19(13-17-5-1-3-7-20(17)15-9-10-15)14-18-6-2-4-8-21(18)16-11-12-16/h1-8,15-16H,9-14H2. The molecule has 0 aromatic heterocycles. The van der Waals surface area contributed by atoms with Gasteiger partial charge >= 0.3 is 0 Å². The summed E-state index contributed by atoms with van der Waals surface area (Å²) in [6, 6.07) is 17.0. The van der Waals surface area contributed by atoms with Gasteiger partial charge in [-0.3, -0.25) is 4.79 Å². The maximum absolute atomic E-state index is 12.6. The van der Waals surface area contributed by atoms with Crippen LogP contribution in [0.25, 0.3) is 0 Å². The van der Waals surface area contributed by atoms with Crippen LogP contribution in [-0.4, -0.2) is 5.78 Å². The van der Waals surface area contributed by atoms with Crippen molar-refractivity contribution in [2.24, 2.45) is 0 Å². The fourth-order valence-electron chi connectivity index (χ4n) is 3.46. The first-order chi connectivity index (χ1) is 10.8. The van der Waals surface area contributed by atoms with Gasteiger partial charge in [0.1, 0.15) is 5.78 Å². The molecule has 1 nitrogen and oxygen atoms in total. The average Bonchev–Trinajstić information content (AvgIpc) is 3.39. The van der Waals surface area contributed by atoms with E-state index in [1.807, 2.05) is 0 Å². The number of ketones is 1. The first-order valence-electron chi connectivity index (χ1n) is 8.48. The Morgan fingerprint density at radius 3 is 1.55 bits per heavy atom. The van der Waals surface area contributed by atoms with Crippen molar-refractivity contribution in [2.75, 3.05) is 0 Å². The summed E-state index contributed by atoms with van der Waals surface area (Å²) in [6.45, 7) is 0. The molecule has 0 bridgehead atoms. The van der Waals surface area contributed by atoms with Crippen molar-refractivity contribution < 1.29 is 4.79 Å². The van der Waals surface area contributed by atoms with E-state index in [1.54, 1.807) is 0 Å². The second kappa shape index (κ2) is 5.72. The van der Waals surface area contributed by atoms with Gasteiger partial charge in [-0.25, -0.2) is 0 Å². The Hall–Kier alpha value is -1.89. The fraction of sp³-hybridized carbons (Fsp3) is 0.381. The van der Waals surface area contributed by atoms with Crippen molar-refractivity contribution in [3.8, 4) is 0 Å². The summed E-state index contributed by atoms with van der Waals surface area (Å²) >= 11 is 0. The average molecular weight is 290 g/mol. The van der Waals surface area contributed by atoms with E-state index in [0.29, 0.717) is 30.5 Å². The Balaban J connectivity index is 1.49.